The first-order valence-electron chi connectivity index (χ1n) is 7.15. The maximum Gasteiger partial charge on any atom is 0.341 e. The third-order valence-electron chi connectivity index (χ3n) is 2.95. The van der Waals surface area contributed by atoms with Gasteiger partial charge in [-0.15, -0.1) is 0 Å². The first-order valence-corrected chi connectivity index (χ1v) is 7.94. The van der Waals surface area contributed by atoms with E-state index in [1.165, 1.54) is 12.1 Å². The van der Waals surface area contributed by atoms with Crippen LogP contribution in [0.3, 0.4) is 0 Å². The molecule has 0 spiro atoms. The number of nitrogens with one attached hydrogen (secondary N) is 1. The zero-order valence-corrected chi connectivity index (χ0v) is 14.4. The molecule has 0 aromatic heterocycles. The second kappa shape index (κ2) is 8.44. The number of ether oxygens (including phenoxy) is 2. The SMILES string of the molecule is CCOc1ccccc1NC(=O)COC(=O)c1ccc(Br)cc1F. The molecule has 0 aliphatic carbocycles. The highest BCUT2D eigenvalue weighted by Gasteiger charge is 2.15. The molecule has 0 unspecified atom stereocenters. The summed E-state index contributed by atoms with van der Waals surface area (Å²) in [6, 6.07) is 10.8. The summed E-state index contributed by atoms with van der Waals surface area (Å²) in [6.07, 6.45) is 0. The fourth-order valence-electron chi connectivity index (χ4n) is 1.90. The van der Waals surface area contributed by atoms with Crippen molar-refractivity contribution in [2.24, 2.45) is 0 Å². The van der Waals surface area contributed by atoms with E-state index in [1.807, 2.05) is 6.92 Å². The number of halogens is 2. The molecule has 0 saturated heterocycles. The van der Waals surface area contributed by atoms with Crippen LogP contribution in [0.2, 0.25) is 0 Å². The van der Waals surface area contributed by atoms with Gasteiger partial charge in [-0.25, -0.2) is 9.18 Å². The molecular formula is C17H15BrFNO4. The lowest BCUT2D eigenvalue weighted by Gasteiger charge is -2.11. The molecule has 2 aromatic rings. The van der Waals surface area contributed by atoms with Crippen LogP contribution in [0.4, 0.5) is 10.1 Å². The van der Waals surface area contributed by atoms with Crippen molar-refractivity contribution in [1.82, 2.24) is 0 Å². The largest absolute Gasteiger partial charge is 0.492 e. The van der Waals surface area contributed by atoms with Crippen LogP contribution >= 0.6 is 15.9 Å². The Morgan fingerprint density at radius 1 is 1.21 bits per heavy atom. The van der Waals surface area contributed by atoms with Crippen LogP contribution in [0.25, 0.3) is 0 Å². The second-order valence-electron chi connectivity index (χ2n) is 4.68. The van der Waals surface area contributed by atoms with Crippen LogP contribution in [0.15, 0.2) is 46.9 Å². The Balaban J connectivity index is 1.95. The summed E-state index contributed by atoms with van der Waals surface area (Å²) < 4.78 is 24.4. The first kappa shape index (κ1) is 17.9. The summed E-state index contributed by atoms with van der Waals surface area (Å²) >= 11 is 3.10. The van der Waals surface area contributed by atoms with Gasteiger partial charge in [0.25, 0.3) is 5.91 Å². The number of esters is 1. The van der Waals surface area contributed by atoms with E-state index >= 15 is 0 Å². The van der Waals surface area contributed by atoms with E-state index in [9.17, 15) is 14.0 Å². The number of carbonyl (C=O) groups is 2. The molecule has 126 valence electrons. The Hall–Kier alpha value is -2.41. The molecule has 1 N–H and O–H groups in total. The molecule has 0 aliphatic rings. The van der Waals surface area contributed by atoms with Gasteiger partial charge in [-0.2, -0.15) is 0 Å². The highest BCUT2D eigenvalue weighted by atomic mass is 79.9. The van der Waals surface area contributed by atoms with Crippen LogP contribution in [0, 0.1) is 5.82 Å². The molecule has 0 radical (unpaired) electrons. The van der Waals surface area contributed by atoms with Gasteiger partial charge < -0.3 is 14.8 Å². The summed E-state index contributed by atoms with van der Waals surface area (Å²) in [5.41, 5.74) is 0.232. The molecule has 24 heavy (non-hydrogen) atoms. The second-order valence-corrected chi connectivity index (χ2v) is 5.59. The molecule has 2 rings (SSSR count). The molecule has 0 fully saturated rings. The number of amides is 1. The number of benzene rings is 2. The van der Waals surface area contributed by atoms with E-state index in [1.54, 1.807) is 24.3 Å². The van der Waals surface area contributed by atoms with Gasteiger partial charge in [-0.05, 0) is 37.3 Å². The van der Waals surface area contributed by atoms with E-state index in [4.69, 9.17) is 9.47 Å². The molecular weight excluding hydrogens is 381 g/mol. The van der Waals surface area contributed by atoms with Crippen LogP contribution < -0.4 is 10.1 Å². The fraction of sp³-hybridized carbons (Fsp3) is 0.176. The van der Waals surface area contributed by atoms with E-state index in [0.717, 1.165) is 6.07 Å². The monoisotopic (exact) mass is 395 g/mol. The Morgan fingerprint density at radius 3 is 2.67 bits per heavy atom. The molecule has 0 heterocycles. The van der Waals surface area contributed by atoms with E-state index in [2.05, 4.69) is 21.2 Å². The summed E-state index contributed by atoms with van der Waals surface area (Å²) in [4.78, 5) is 23.7. The normalized spacial score (nSPS) is 10.1. The Labute approximate surface area is 146 Å². The van der Waals surface area contributed by atoms with E-state index < -0.39 is 24.3 Å². The zero-order valence-electron chi connectivity index (χ0n) is 12.8. The summed E-state index contributed by atoms with van der Waals surface area (Å²) in [7, 11) is 0. The van der Waals surface area contributed by atoms with Crippen molar-refractivity contribution in [2.75, 3.05) is 18.5 Å². The predicted octanol–water partition coefficient (Wildman–Crippen LogP) is 3.78. The maximum absolute atomic E-state index is 13.7. The van der Waals surface area contributed by atoms with Crippen molar-refractivity contribution >= 4 is 33.5 Å². The quantitative estimate of drug-likeness (QED) is 0.755. The molecule has 0 atom stereocenters. The minimum absolute atomic E-state index is 0.235. The minimum Gasteiger partial charge on any atom is -0.492 e. The maximum atomic E-state index is 13.7. The average molecular weight is 396 g/mol. The molecule has 1 amide bonds. The topological polar surface area (TPSA) is 64.6 Å². The van der Waals surface area contributed by atoms with Gasteiger partial charge >= 0.3 is 5.97 Å². The third-order valence-corrected chi connectivity index (χ3v) is 3.44. The van der Waals surface area contributed by atoms with Gasteiger partial charge in [0.15, 0.2) is 6.61 Å². The molecule has 5 nitrogen and oxygen atoms in total. The lowest BCUT2D eigenvalue weighted by atomic mass is 10.2. The number of rotatable bonds is 6. The van der Waals surface area contributed by atoms with Crippen LogP contribution in [-0.4, -0.2) is 25.1 Å². The highest BCUT2D eigenvalue weighted by Crippen LogP contribution is 2.23. The van der Waals surface area contributed by atoms with Crippen molar-refractivity contribution in [3.63, 3.8) is 0 Å². The van der Waals surface area contributed by atoms with Crippen LogP contribution in [0.1, 0.15) is 17.3 Å². The summed E-state index contributed by atoms with van der Waals surface area (Å²) in [6.45, 7) is 1.74. The standard InChI is InChI=1S/C17H15BrFNO4/c1-2-23-15-6-4-3-5-14(15)20-16(21)10-24-17(22)12-8-7-11(18)9-13(12)19/h3-9H,2,10H2,1H3,(H,20,21). The zero-order chi connectivity index (χ0) is 17.5. The minimum atomic E-state index is -0.909. The lowest BCUT2D eigenvalue weighted by molar-refractivity contribution is -0.119. The molecule has 0 bridgehead atoms. The van der Waals surface area contributed by atoms with Crippen molar-refractivity contribution in [3.05, 3.63) is 58.3 Å². The van der Waals surface area contributed by atoms with Crippen molar-refractivity contribution in [1.29, 1.82) is 0 Å². The van der Waals surface area contributed by atoms with Crippen LogP contribution in [0.5, 0.6) is 5.75 Å². The van der Waals surface area contributed by atoms with Gasteiger partial charge in [0.2, 0.25) is 0 Å². The number of hydrogen-bond donors (Lipinski definition) is 1. The highest BCUT2D eigenvalue weighted by molar-refractivity contribution is 9.10. The summed E-state index contributed by atoms with van der Waals surface area (Å²) in [5.74, 6) is -1.67. The lowest BCUT2D eigenvalue weighted by Crippen LogP contribution is -2.21. The number of para-hydroxylation sites is 2. The smallest absolute Gasteiger partial charge is 0.341 e. The molecule has 0 saturated carbocycles. The molecule has 0 aliphatic heterocycles. The third kappa shape index (κ3) is 4.79. The number of carbonyl (C=O) groups excluding carboxylic acids is 2. The fourth-order valence-corrected chi connectivity index (χ4v) is 2.23. The van der Waals surface area contributed by atoms with E-state index in [0.29, 0.717) is 22.5 Å². The Bertz CT molecular complexity index is 751. The average Bonchev–Trinajstić information content (AvgIpc) is 2.55. The summed E-state index contributed by atoms with van der Waals surface area (Å²) in [5, 5.41) is 2.58. The van der Waals surface area contributed by atoms with Crippen LogP contribution in [-0.2, 0) is 9.53 Å². The van der Waals surface area contributed by atoms with Crippen molar-refractivity contribution in [3.8, 4) is 5.75 Å². The van der Waals surface area contributed by atoms with Crippen molar-refractivity contribution < 1.29 is 23.5 Å². The molecule has 7 heteroatoms. The predicted molar refractivity (Wildman–Crippen MR) is 90.6 cm³/mol. The van der Waals surface area contributed by atoms with Gasteiger partial charge in [0.1, 0.15) is 11.6 Å². The number of anilines is 1. The first-order chi connectivity index (χ1) is 11.5. The van der Waals surface area contributed by atoms with Gasteiger partial charge in [0.05, 0.1) is 17.9 Å². The van der Waals surface area contributed by atoms with Crippen molar-refractivity contribution in [2.45, 2.75) is 6.92 Å². The number of hydrogen-bond acceptors (Lipinski definition) is 4. The van der Waals surface area contributed by atoms with E-state index in [-0.39, 0.29) is 5.56 Å². The van der Waals surface area contributed by atoms with Gasteiger partial charge in [-0.3, -0.25) is 4.79 Å². The van der Waals surface area contributed by atoms with Gasteiger partial charge in [-0.1, -0.05) is 28.1 Å². The van der Waals surface area contributed by atoms with Gasteiger partial charge in [0, 0.05) is 4.47 Å². The Morgan fingerprint density at radius 2 is 1.96 bits per heavy atom. The molecule has 2 aromatic carbocycles. The Kier molecular flexibility index (Phi) is 6.31.